The quantitative estimate of drug-likeness (QED) is 0.366. The molecule has 0 bridgehead atoms. The molecular weight excluding hydrogens is 242 g/mol. The molecule has 2 aliphatic rings. The van der Waals surface area contributed by atoms with Crippen molar-refractivity contribution in [2.24, 2.45) is 10.9 Å². The summed E-state index contributed by atoms with van der Waals surface area (Å²) in [5.74, 6) is 0.164. The maximum absolute atomic E-state index is 8.92. The largest absolute Gasteiger partial charge is 0.409 e. The standard InChI is InChI=1S/C14H19N3O2/c15-14(16-18)10-4-1-2-5-11(10)17-8-9-19-13-7-3-6-12(13)17/h1-2,4-5,12-13,18H,3,6-9H2,(H2,15,16). The van der Waals surface area contributed by atoms with Crippen LogP contribution in [0.1, 0.15) is 24.8 Å². The first-order chi connectivity index (χ1) is 9.31. The summed E-state index contributed by atoms with van der Waals surface area (Å²) in [6.45, 7) is 1.60. The zero-order valence-electron chi connectivity index (χ0n) is 10.8. The van der Waals surface area contributed by atoms with Crippen LogP contribution < -0.4 is 10.6 Å². The Labute approximate surface area is 112 Å². The van der Waals surface area contributed by atoms with Gasteiger partial charge in [0.05, 0.1) is 18.8 Å². The minimum atomic E-state index is 0.164. The van der Waals surface area contributed by atoms with Crippen LogP contribution in [0.2, 0.25) is 0 Å². The second-order valence-corrected chi connectivity index (χ2v) is 5.10. The Kier molecular flexibility index (Phi) is 3.29. The van der Waals surface area contributed by atoms with Crippen LogP contribution in [0.5, 0.6) is 0 Å². The number of anilines is 1. The Bertz CT molecular complexity index is 489. The SMILES string of the molecule is NC(=NO)c1ccccc1N1CCOC2CCCC21. The van der Waals surface area contributed by atoms with Crippen LogP contribution in [0.4, 0.5) is 5.69 Å². The average molecular weight is 261 g/mol. The van der Waals surface area contributed by atoms with Gasteiger partial charge in [-0.15, -0.1) is 0 Å². The monoisotopic (exact) mass is 261 g/mol. The Hall–Kier alpha value is -1.75. The number of fused-ring (bicyclic) bond motifs is 1. The first kappa shape index (κ1) is 12.3. The molecular formula is C14H19N3O2. The van der Waals surface area contributed by atoms with Gasteiger partial charge in [0.15, 0.2) is 5.84 Å². The number of hydrogen-bond acceptors (Lipinski definition) is 4. The van der Waals surface area contributed by atoms with Crippen molar-refractivity contribution in [3.63, 3.8) is 0 Å². The molecule has 0 radical (unpaired) electrons. The molecule has 102 valence electrons. The van der Waals surface area contributed by atoms with Gasteiger partial charge in [0.2, 0.25) is 0 Å². The molecule has 1 heterocycles. The van der Waals surface area contributed by atoms with E-state index in [1.807, 2.05) is 24.3 Å². The Morgan fingerprint density at radius 2 is 2.21 bits per heavy atom. The van der Waals surface area contributed by atoms with Gasteiger partial charge in [-0.05, 0) is 31.4 Å². The average Bonchev–Trinajstić information content (AvgIpc) is 2.94. The van der Waals surface area contributed by atoms with E-state index in [0.717, 1.165) is 37.2 Å². The van der Waals surface area contributed by atoms with Gasteiger partial charge >= 0.3 is 0 Å². The highest BCUT2D eigenvalue weighted by Gasteiger charge is 2.36. The maximum Gasteiger partial charge on any atom is 0.172 e. The van der Waals surface area contributed by atoms with Gasteiger partial charge in [-0.1, -0.05) is 17.3 Å². The lowest BCUT2D eigenvalue weighted by Gasteiger charge is -2.40. The molecule has 1 aliphatic heterocycles. The number of morpholine rings is 1. The van der Waals surface area contributed by atoms with Gasteiger partial charge in [0, 0.05) is 17.8 Å². The number of rotatable bonds is 2. The number of amidine groups is 1. The number of nitrogens with two attached hydrogens (primary N) is 1. The van der Waals surface area contributed by atoms with E-state index in [4.69, 9.17) is 15.7 Å². The van der Waals surface area contributed by atoms with Crippen LogP contribution in [0, 0.1) is 0 Å². The molecule has 0 amide bonds. The Morgan fingerprint density at radius 3 is 3.05 bits per heavy atom. The van der Waals surface area contributed by atoms with E-state index in [1.165, 1.54) is 6.42 Å². The third-order valence-corrected chi connectivity index (χ3v) is 4.08. The number of benzene rings is 1. The third-order valence-electron chi connectivity index (χ3n) is 4.08. The third kappa shape index (κ3) is 2.14. The van der Waals surface area contributed by atoms with E-state index < -0.39 is 0 Å². The van der Waals surface area contributed by atoms with E-state index >= 15 is 0 Å². The Balaban J connectivity index is 1.97. The van der Waals surface area contributed by atoms with Crippen molar-refractivity contribution in [2.45, 2.75) is 31.4 Å². The molecule has 1 saturated heterocycles. The number of para-hydroxylation sites is 1. The molecule has 2 unspecified atom stereocenters. The summed E-state index contributed by atoms with van der Waals surface area (Å²) < 4.78 is 5.83. The van der Waals surface area contributed by atoms with Crippen molar-refractivity contribution >= 4 is 11.5 Å². The number of oxime groups is 1. The summed E-state index contributed by atoms with van der Waals surface area (Å²) in [7, 11) is 0. The van der Waals surface area contributed by atoms with E-state index in [2.05, 4.69) is 10.1 Å². The molecule has 0 aromatic heterocycles. The minimum absolute atomic E-state index is 0.164. The van der Waals surface area contributed by atoms with Gasteiger partial charge in [0.25, 0.3) is 0 Å². The summed E-state index contributed by atoms with van der Waals surface area (Å²) in [6.07, 6.45) is 3.81. The van der Waals surface area contributed by atoms with Crippen LogP contribution in [0.3, 0.4) is 0 Å². The highest BCUT2D eigenvalue weighted by Crippen LogP contribution is 2.34. The zero-order chi connectivity index (χ0) is 13.2. The van der Waals surface area contributed by atoms with Crippen molar-refractivity contribution in [3.05, 3.63) is 29.8 Å². The first-order valence-corrected chi connectivity index (χ1v) is 6.76. The lowest BCUT2D eigenvalue weighted by molar-refractivity contribution is 0.0256. The second-order valence-electron chi connectivity index (χ2n) is 5.10. The topological polar surface area (TPSA) is 71.1 Å². The van der Waals surface area contributed by atoms with Crippen LogP contribution >= 0.6 is 0 Å². The normalized spacial score (nSPS) is 27.4. The molecule has 19 heavy (non-hydrogen) atoms. The van der Waals surface area contributed by atoms with Crippen molar-refractivity contribution in [1.29, 1.82) is 0 Å². The number of ether oxygens (including phenoxy) is 1. The van der Waals surface area contributed by atoms with Crippen molar-refractivity contribution in [2.75, 3.05) is 18.1 Å². The van der Waals surface area contributed by atoms with Gasteiger partial charge in [-0.25, -0.2) is 0 Å². The summed E-state index contributed by atoms with van der Waals surface area (Å²) in [5, 5.41) is 12.1. The predicted octanol–water partition coefficient (Wildman–Crippen LogP) is 1.54. The lowest BCUT2D eigenvalue weighted by atomic mass is 10.1. The minimum Gasteiger partial charge on any atom is -0.409 e. The molecule has 1 aromatic carbocycles. The van der Waals surface area contributed by atoms with Crippen LogP contribution in [-0.2, 0) is 4.74 Å². The first-order valence-electron chi connectivity index (χ1n) is 6.76. The Morgan fingerprint density at radius 1 is 1.37 bits per heavy atom. The molecule has 2 atom stereocenters. The molecule has 1 aliphatic carbocycles. The lowest BCUT2D eigenvalue weighted by Crippen LogP contribution is -2.49. The number of nitrogens with zero attached hydrogens (tertiary/aromatic N) is 2. The smallest absolute Gasteiger partial charge is 0.172 e. The maximum atomic E-state index is 8.92. The van der Waals surface area contributed by atoms with Crippen LogP contribution in [-0.4, -0.2) is 36.3 Å². The van der Waals surface area contributed by atoms with Crippen LogP contribution in [0.15, 0.2) is 29.4 Å². The summed E-state index contributed by atoms with van der Waals surface area (Å²) >= 11 is 0. The van der Waals surface area contributed by atoms with Crippen molar-refractivity contribution < 1.29 is 9.94 Å². The molecule has 2 fully saturated rings. The van der Waals surface area contributed by atoms with Crippen molar-refractivity contribution in [1.82, 2.24) is 0 Å². The molecule has 5 heteroatoms. The van der Waals surface area contributed by atoms with Gasteiger partial charge in [-0.3, -0.25) is 0 Å². The van der Waals surface area contributed by atoms with Gasteiger partial charge in [-0.2, -0.15) is 0 Å². The molecule has 3 rings (SSSR count). The summed E-state index contributed by atoms with van der Waals surface area (Å²) in [6, 6.07) is 8.24. The molecule has 3 N–H and O–H groups in total. The van der Waals surface area contributed by atoms with Gasteiger partial charge in [0.1, 0.15) is 0 Å². The van der Waals surface area contributed by atoms with E-state index in [-0.39, 0.29) is 5.84 Å². The van der Waals surface area contributed by atoms with Crippen molar-refractivity contribution in [3.8, 4) is 0 Å². The molecule has 1 saturated carbocycles. The highest BCUT2D eigenvalue weighted by molar-refractivity contribution is 6.02. The van der Waals surface area contributed by atoms with E-state index in [1.54, 1.807) is 0 Å². The second kappa shape index (κ2) is 5.09. The highest BCUT2D eigenvalue weighted by atomic mass is 16.5. The number of hydrogen-bond donors (Lipinski definition) is 2. The van der Waals surface area contributed by atoms with Gasteiger partial charge < -0.3 is 20.6 Å². The zero-order valence-corrected chi connectivity index (χ0v) is 10.8. The molecule has 0 spiro atoms. The fourth-order valence-corrected chi connectivity index (χ4v) is 3.22. The predicted molar refractivity (Wildman–Crippen MR) is 73.7 cm³/mol. The fourth-order valence-electron chi connectivity index (χ4n) is 3.22. The summed E-state index contributed by atoms with van der Waals surface area (Å²) in [4.78, 5) is 2.36. The molecule has 5 nitrogen and oxygen atoms in total. The van der Waals surface area contributed by atoms with Crippen LogP contribution in [0.25, 0.3) is 0 Å². The summed E-state index contributed by atoms with van der Waals surface area (Å²) in [5.41, 5.74) is 7.61. The molecule has 1 aromatic rings. The fraction of sp³-hybridized carbons (Fsp3) is 0.500. The van der Waals surface area contributed by atoms with E-state index in [9.17, 15) is 0 Å². The van der Waals surface area contributed by atoms with E-state index in [0.29, 0.717) is 12.1 Å².